The monoisotopic (exact) mass is 534 g/mol. The number of piperidine rings is 1. The van der Waals surface area contributed by atoms with E-state index in [-0.39, 0.29) is 6.10 Å². The zero-order chi connectivity index (χ0) is 27.5. The maximum atomic E-state index is 6.19. The number of ether oxygens (including phenoxy) is 2. The number of methoxy groups -OCH3 is 1. The molecule has 0 bridgehead atoms. The molecular weight excluding hydrogens is 504 g/mol. The number of benzene rings is 1. The lowest BCUT2D eigenvalue weighted by Crippen LogP contribution is -2.32. The van der Waals surface area contributed by atoms with Crippen molar-refractivity contribution in [2.75, 3.05) is 20.2 Å². The molecule has 0 saturated carbocycles. The minimum absolute atomic E-state index is 0.204. The largest absolute Gasteiger partial charge is 0.497 e. The zero-order valence-electron chi connectivity index (χ0n) is 22.4. The summed E-state index contributed by atoms with van der Waals surface area (Å²) in [5, 5.41) is 11.0. The van der Waals surface area contributed by atoms with E-state index >= 15 is 0 Å². The Hall–Kier alpha value is -4.83. The van der Waals surface area contributed by atoms with Crippen molar-refractivity contribution in [2.24, 2.45) is 4.99 Å². The van der Waals surface area contributed by atoms with Crippen molar-refractivity contribution in [1.29, 1.82) is 0 Å². The van der Waals surface area contributed by atoms with E-state index in [4.69, 9.17) is 19.4 Å². The van der Waals surface area contributed by atoms with Crippen LogP contribution in [0.15, 0.2) is 71.8 Å². The smallest absolute Gasteiger partial charge is 0.161 e. The van der Waals surface area contributed by atoms with Crippen LogP contribution in [0.5, 0.6) is 5.75 Å². The van der Waals surface area contributed by atoms with Crippen molar-refractivity contribution in [2.45, 2.75) is 25.9 Å². The Bertz CT molecular complexity index is 1740. The normalized spacial score (nSPS) is 15.1. The number of aromatic nitrogens is 6. The SMILES string of the molecule is C=N/C=C(\C=C(/C)OC1CCNCC1)c1ccc2[nH]nc(-c3nc4c(-c5cccc(OC)c5)cncc4[nH]3)c2n1. The third-order valence-electron chi connectivity index (χ3n) is 6.93. The van der Waals surface area contributed by atoms with Gasteiger partial charge in [0.15, 0.2) is 11.5 Å². The minimum atomic E-state index is 0.204. The summed E-state index contributed by atoms with van der Waals surface area (Å²) in [5.41, 5.74) is 7.06. The van der Waals surface area contributed by atoms with E-state index in [1.54, 1.807) is 25.7 Å². The molecule has 0 radical (unpaired) electrons. The molecule has 40 heavy (non-hydrogen) atoms. The van der Waals surface area contributed by atoms with Gasteiger partial charge in [-0.05, 0) is 75.5 Å². The summed E-state index contributed by atoms with van der Waals surface area (Å²) in [6.07, 6.45) is 9.39. The van der Waals surface area contributed by atoms with Crippen LogP contribution in [0.3, 0.4) is 0 Å². The average molecular weight is 535 g/mol. The van der Waals surface area contributed by atoms with E-state index in [1.165, 1.54) is 0 Å². The first-order valence-electron chi connectivity index (χ1n) is 13.2. The number of imidazole rings is 1. The second-order valence-electron chi connectivity index (χ2n) is 9.65. The highest BCUT2D eigenvalue weighted by atomic mass is 16.5. The molecule has 6 rings (SSSR count). The lowest BCUT2D eigenvalue weighted by Gasteiger charge is -2.24. The Morgan fingerprint density at radius 2 is 1.95 bits per heavy atom. The molecule has 3 N–H and O–H groups in total. The molecule has 5 aromatic rings. The first-order chi connectivity index (χ1) is 19.6. The average Bonchev–Trinajstić information content (AvgIpc) is 3.61. The van der Waals surface area contributed by atoms with Crippen LogP contribution >= 0.6 is 0 Å². The number of aliphatic imine (C=N–C) groups is 1. The lowest BCUT2D eigenvalue weighted by molar-refractivity contribution is 0.0896. The van der Waals surface area contributed by atoms with Gasteiger partial charge in [-0.25, -0.2) is 9.97 Å². The second-order valence-corrected chi connectivity index (χ2v) is 9.65. The van der Waals surface area contributed by atoms with Gasteiger partial charge in [0.25, 0.3) is 0 Å². The van der Waals surface area contributed by atoms with Gasteiger partial charge in [-0.3, -0.25) is 15.1 Å². The summed E-state index contributed by atoms with van der Waals surface area (Å²) in [6.45, 7) is 7.55. The molecule has 1 aliphatic rings. The first kappa shape index (κ1) is 25.4. The van der Waals surface area contributed by atoms with Gasteiger partial charge in [0, 0.05) is 23.5 Å². The number of nitrogens with one attached hydrogen (secondary N) is 3. The predicted molar refractivity (Wildman–Crippen MR) is 157 cm³/mol. The van der Waals surface area contributed by atoms with Crippen LogP contribution in [0.4, 0.5) is 0 Å². The molecule has 1 saturated heterocycles. The molecule has 0 amide bonds. The van der Waals surface area contributed by atoms with E-state index in [9.17, 15) is 0 Å². The first-order valence-corrected chi connectivity index (χ1v) is 13.2. The van der Waals surface area contributed by atoms with Crippen molar-refractivity contribution in [1.82, 2.24) is 35.5 Å². The molecular formula is C30H30N8O2. The lowest BCUT2D eigenvalue weighted by atomic mass is 10.1. The maximum Gasteiger partial charge on any atom is 0.161 e. The van der Waals surface area contributed by atoms with Crippen LogP contribution < -0.4 is 10.1 Å². The molecule has 5 heterocycles. The highest BCUT2D eigenvalue weighted by molar-refractivity contribution is 5.96. The Morgan fingerprint density at radius 3 is 2.77 bits per heavy atom. The Balaban J connectivity index is 1.37. The number of nitrogens with zero attached hydrogens (tertiary/aromatic N) is 5. The molecule has 1 aromatic carbocycles. The summed E-state index contributed by atoms with van der Waals surface area (Å²) in [6, 6.07) is 11.7. The number of hydrogen-bond donors (Lipinski definition) is 3. The Morgan fingerprint density at radius 1 is 1.07 bits per heavy atom. The topological polar surface area (TPSA) is 126 Å². The van der Waals surface area contributed by atoms with Gasteiger partial charge in [0.1, 0.15) is 17.4 Å². The summed E-state index contributed by atoms with van der Waals surface area (Å²) >= 11 is 0. The van der Waals surface area contributed by atoms with Crippen LogP contribution in [-0.2, 0) is 4.74 Å². The summed E-state index contributed by atoms with van der Waals surface area (Å²) in [4.78, 5) is 21.7. The zero-order valence-corrected chi connectivity index (χ0v) is 22.4. The van der Waals surface area contributed by atoms with Crippen LogP contribution in [0.2, 0.25) is 0 Å². The number of hydrogen-bond acceptors (Lipinski definition) is 8. The third-order valence-corrected chi connectivity index (χ3v) is 6.93. The number of fused-ring (bicyclic) bond motifs is 2. The van der Waals surface area contributed by atoms with E-state index in [2.05, 4.69) is 37.2 Å². The summed E-state index contributed by atoms with van der Waals surface area (Å²) in [7, 11) is 1.65. The fourth-order valence-corrected chi connectivity index (χ4v) is 4.98. The van der Waals surface area contributed by atoms with Gasteiger partial charge in [0.2, 0.25) is 0 Å². The van der Waals surface area contributed by atoms with Crippen molar-refractivity contribution in [3.05, 3.63) is 72.5 Å². The van der Waals surface area contributed by atoms with E-state index < -0.39 is 0 Å². The standard InChI is InChI=1S/C30H30N8O2/c1-18(40-21-9-11-32-12-10-21)13-20(15-31-2)24-7-8-25-28(34-24)29(38-37-25)30-35-26-17-33-16-23(27(26)36-30)19-5-4-6-22(14-19)39-3/h4-8,13-17,21,32H,2,9-12H2,1,3H3,(H,35,36)(H,37,38)/b18-13+,20-15+. The molecule has 1 fully saturated rings. The third kappa shape index (κ3) is 5.08. The molecule has 0 spiro atoms. The molecule has 0 atom stereocenters. The van der Waals surface area contributed by atoms with Crippen LogP contribution in [-0.4, -0.2) is 63.2 Å². The highest BCUT2D eigenvalue weighted by Gasteiger charge is 2.18. The maximum absolute atomic E-state index is 6.19. The molecule has 10 heteroatoms. The van der Waals surface area contributed by atoms with Gasteiger partial charge < -0.3 is 19.8 Å². The fraction of sp³-hybridized carbons (Fsp3) is 0.233. The van der Waals surface area contributed by atoms with E-state index in [0.717, 1.165) is 76.4 Å². The van der Waals surface area contributed by atoms with Crippen molar-refractivity contribution in [3.8, 4) is 28.4 Å². The van der Waals surface area contributed by atoms with Gasteiger partial charge in [-0.15, -0.1) is 0 Å². The number of aromatic amines is 2. The van der Waals surface area contributed by atoms with Crippen molar-refractivity contribution < 1.29 is 9.47 Å². The van der Waals surface area contributed by atoms with Gasteiger partial charge >= 0.3 is 0 Å². The van der Waals surface area contributed by atoms with Crippen molar-refractivity contribution >= 4 is 34.4 Å². The summed E-state index contributed by atoms with van der Waals surface area (Å²) in [5.74, 6) is 2.17. The number of allylic oxidation sites excluding steroid dienone is 3. The van der Waals surface area contributed by atoms with E-state index in [0.29, 0.717) is 17.0 Å². The predicted octanol–water partition coefficient (Wildman–Crippen LogP) is 5.29. The minimum Gasteiger partial charge on any atom is -0.497 e. The fourth-order valence-electron chi connectivity index (χ4n) is 4.98. The molecule has 4 aromatic heterocycles. The Labute approximate surface area is 231 Å². The number of rotatable bonds is 8. The van der Waals surface area contributed by atoms with Crippen LogP contribution in [0, 0.1) is 0 Å². The number of H-pyrrole nitrogens is 2. The Kier molecular flexibility index (Phi) is 7.07. The highest BCUT2D eigenvalue weighted by Crippen LogP contribution is 2.32. The van der Waals surface area contributed by atoms with Crippen molar-refractivity contribution in [3.63, 3.8) is 0 Å². The van der Waals surface area contributed by atoms with Gasteiger partial charge in [-0.2, -0.15) is 5.10 Å². The van der Waals surface area contributed by atoms with Crippen LogP contribution in [0.1, 0.15) is 25.5 Å². The van der Waals surface area contributed by atoms with Gasteiger partial charge in [-0.1, -0.05) is 12.1 Å². The number of pyridine rings is 2. The summed E-state index contributed by atoms with van der Waals surface area (Å²) < 4.78 is 11.6. The molecule has 10 nitrogen and oxygen atoms in total. The molecule has 0 unspecified atom stereocenters. The molecule has 0 aliphatic carbocycles. The second kappa shape index (κ2) is 11.1. The molecule has 1 aliphatic heterocycles. The van der Waals surface area contributed by atoms with Crippen LogP contribution in [0.25, 0.3) is 50.3 Å². The van der Waals surface area contributed by atoms with E-state index in [1.807, 2.05) is 49.4 Å². The quantitative estimate of drug-likeness (QED) is 0.140. The molecule has 202 valence electrons. The van der Waals surface area contributed by atoms with Gasteiger partial charge in [0.05, 0.1) is 41.3 Å².